The lowest BCUT2D eigenvalue weighted by atomic mass is 9.66. The number of fused-ring (bicyclic) bond motifs is 1. The fourth-order valence-electron chi connectivity index (χ4n) is 3.64. The minimum atomic E-state index is -1.71. The number of carbonyl (C=O) groups excluding carboxylic acids is 2. The van der Waals surface area contributed by atoms with Gasteiger partial charge in [-0.15, -0.1) is 0 Å². The van der Waals surface area contributed by atoms with Gasteiger partial charge < -0.3 is 10.1 Å². The van der Waals surface area contributed by atoms with Gasteiger partial charge in [0.05, 0.1) is 12.5 Å². The molecule has 2 aromatic carbocycles. The molecule has 140 valence electrons. The second-order valence-corrected chi connectivity index (χ2v) is 6.46. The first-order chi connectivity index (χ1) is 13.0. The van der Waals surface area contributed by atoms with Gasteiger partial charge >= 0.3 is 5.97 Å². The van der Waals surface area contributed by atoms with Crippen LogP contribution in [-0.2, 0) is 20.7 Å². The van der Waals surface area contributed by atoms with E-state index in [1.165, 1.54) is 0 Å². The summed E-state index contributed by atoms with van der Waals surface area (Å²) >= 11 is 0. The molecule has 0 saturated heterocycles. The Labute approximate surface area is 156 Å². The number of rotatable bonds is 6. The van der Waals surface area contributed by atoms with Crippen LogP contribution >= 0.6 is 0 Å². The van der Waals surface area contributed by atoms with Crippen LogP contribution in [0.3, 0.4) is 0 Å². The summed E-state index contributed by atoms with van der Waals surface area (Å²) in [4.78, 5) is 37.1. The van der Waals surface area contributed by atoms with E-state index in [9.17, 15) is 19.7 Å². The smallest absolute Gasteiger partial charge is 0.322 e. The van der Waals surface area contributed by atoms with E-state index in [0.29, 0.717) is 11.3 Å². The molecule has 1 aliphatic rings. The molecule has 3 rings (SSSR count). The van der Waals surface area contributed by atoms with E-state index >= 15 is 0 Å². The number of hydrogen-bond donors (Lipinski definition) is 1. The topological polar surface area (TPSA) is 98.5 Å². The van der Waals surface area contributed by atoms with Crippen LogP contribution in [0.5, 0.6) is 0 Å². The molecule has 0 saturated carbocycles. The SMILES string of the molecule is CCOC(=O)[C@@]1([C@@H](C[N+](=O)[O-])c2ccccc2)Cc2ccccc2NC1=O. The molecule has 0 radical (unpaired) electrons. The van der Waals surface area contributed by atoms with Crippen molar-refractivity contribution in [3.63, 3.8) is 0 Å². The van der Waals surface area contributed by atoms with Crippen LogP contribution in [0.1, 0.15) is 24.0 Å². The molecule has 7 nitrogen and oxygen atoms in total. The zero-order valence-corrected chi connectivity index (χ0v) is 14.9. The average molecular weight is 368 g/mol. The van der Waals surface area contributed by atoms with Gasteiger partial charge in [-0.1, -0.05) is 48.5 Å². The third-order valence-corrected chi connectivity index (χ3v) is 4.91. The summed E-state index contributed by atoms with van der Waals surface area (Å²) < 4.78 is 5.23. The Morgan fingerprint density at radius 2 is 1.89 bits per heavy atom. The number of nitrogens with zero attached hydrogens (tertiary/aromatic N) is 1. The van der Waals surface area contributed by atoms with E-state index in [2.05, 4.69) is 5.32 Å². The zero-order chi connectivity index (χ0) is 19.4. The van der Waals surface area contributed by atoms with Crippen LogP contribution < -0.4 is 5.32 Å². The Hall–Kier alpha value is -3.22. The summed E-state index contributed by atoms with van der Waals surface area (Å²) in [6, 6.07) is 15.8. The van der Waals surface area contributed by atoms with Crippen LogP contribution in [0.25, 0.3) is 0 Å². The van der Waals surface area contributed by atoms with E-state index in [-0.39, 0.29) is 13.0 Å². The predicted octanol–water partition coefficient (Wildman–Crippen LogP) is 2.79. The van der Waals surface area contributed by atoms with Crippen LogP contribution in [-0.4, -0.2) is 30.0 Å². The molecular formula is C20H20N2O5. The van der Waals surface area contributed by atoms with Gasteiger partial charge in [0.2, 0.25) is 12.5 Å². The fourth-order valence-corrected chi connectivity index (χ4v) is 3.64. The molecule has 1 aliphatic heterocycles. The molecule has 0 fully saturated rings. The fraction of sp³-hybridized carbons (Fsp3) is 0.300. The minimum absolute atomic E-state index is 0.0429. The van der Waals surface area contributed by atoms with Crippen LogP contribution in [0.2, 0.25) is 0 Å². The molecule has 0 bridgehead atoms. The maximum Gasteiger partial charge on any atom is 0.322 e. The maximum absolute atomic E-state index is 13.2. The summed E-state index contributed by atoms with van der Waals surface area (Å²) in [5.74, 6) is -2.27. The number of nitrogens with one attached hydrogen (secondary N) is 1. The number of benzene rings is 2. The monoisotopic (exact) mass is 368 g/mol. The number of esters is 1. The van der Waals surface area contributed by atoms with Crippen molar-refractivity contribution in [3.8, 4) is 0 Å². The largest absolute Gasteiger partial charge is 0.465 e. The molecule has 7 heteroatoms. The average Bonchev–Trinajstić information content (AvgIpc) is 2.66. The third-order valence-electron chi connectivity index (χ3n) is 4.91. The Morgan fingerprint density at radius 1 is 1.22 bits per heavy atom. The third kappa shape index (κ3) is 3.40. The first-order valence-electron chi connectivity index (χ1n) is 8.72. The molecule has 2 aromatic rings. The van der Waals surface area contributed by atoms with E-state index in [0.717, 1.165) is 5.56 Å². The summed E-state index contributed by atoms with van der Waals surface area (Å²) in [6.07, 6.45) is 0.0429. The second-order valence-electron chi connectivity index (χ2n) is 6.46. The highest BCUT2D eigenvalue weighted by atomic mass is 16.6. The highest BCUT2D eigenvalue weighted by Gasteiger charge is 2.57. The molecule has 0 aliphatic carbocycles. The van der Waals surface area contributed by atoms with E-state index in [1.54, 1.807) is 61.5 Å². The lowest BCUT2D eigenvalue weighted by Crippen LogP contribution is -2.54. The molecule has 0 unspecified atom stereocenters. The Bertz CT molecular complexity index is 868. The summed E-state index contributed by atoms with van der Waals surface area (Å²) in [7, 11) is 0. The highest BCUT2D eigenvalue weighted by molar-refractivity contribution is 6.12. The maximum atomic E-state index is 13.2. The van der Waals surface area contributed by atoms with E-state index in [4.69, 9.17) is 4.74 Å². The Kier molecular flexibility index (Phi) is 5.21. The van der Waals surface area contributed by atoms with Gasteiger partial charge in [0.25, 0.3) is 0 Å². The van der Waals surface area contributed by atoms with Crippen molar-refractivity contribution in [3.05, 3.63) is 75.8 Å². The Balaban J connectivity index is 2.18. The quantitative estimate of drug-likeness (QED) is 0.366. The van der Waals surface area contributed by atoms with Crippen molar-refractivity contribution >= 4 is 17.6 Å². The van der Waals surface area contributed by atoms with Crippen molar-refractivity contribution < 1.29 is 19.2 Å². The Morgan fingerprint density at radius 3 is 2.56 bits per heavy atom. The van der Waals surface area contributed by atoms with E-state index < -0.39 is 34.7 Å². The molecule has 1 amide bonds. The number of anilines is 1. The first-order valence-corrected chi connectivity index (χ1v) is 8.72. The number of hydrogen-bond acceptors (Lipinski definition) is 5. The van der Waals surface area contributed by atoms with Gasteiger partial charge in [-0.2, -0.15) is 0 Å². The standard InChI is InChI=1S/C20H20N2O5/c1-2-27-19(24)20(12-15-10-6-7-11-17(15)21-18(20)23)16(13-22(25)26)14-8-4-3-5-9-14/h3-11,16H,2,12-13H2,1H3,(H,21,23)/t16-,20+/m0/s1. The lowest BCUT2D eigenvalue weighted by molar-refractivity contribution is -0.485. The van der Waals surface area contributed by atoms with Gasteiger partial charge in [-0.25, -0.2) is 0 Å². The molecular weight excluding hydrogens is 348 g/mol. The van der Waals surface area contributed by atoms with Gasteiger partial charge in [-0.3, -0.25) is 19.7 Å². The number of para-hydroxylation sites is 1. The summed E-state index contributed by atoms with van der Waals surface area (Å²) in [5.41, 5.74) is 0.195. The lowest BCUT2D eigenvalue weighted by Gasteiger charge is -2.39. The van der Waals surface area contributed by atoms with Crippen molar-refractivity contribution in [2.45, 2.75) is 19.3 Å². The van der Waals surface area contributed by atoms with Gasteiger partial charge in [0.1, 0.15) is 0 Å². The molecule has 1 heterocycles. The van der Waals surface area contributed by atoms with Crippen molar-refractivity contribution in [2.75, 3.05) is 18.5 Å². The summed E-state index contributed by atoms with van der Waals surface area (Å²) in [6.45, 7) is 1.17. The number of ether oxygens (including phenoxy) is 1. The molecule has 1 N–H and O–H groups in total. The van der Waals surface area contributed by atoms with Crippen LogP contribution in [0.15, 0.2) is 54.6 Å². The molecule has 2 atom stereocenters. The van der Waals surface area contributed by atoms with E-state index in [1.807, 2.05) is 0 Å². The molecule has 0 aromatic heterocycles. The van der Waals surface area contributed by atoms with Gasteiger partial charge in [0.15, 0.2) is 5.41 Å². The molecule has 27 heavy (non-hydrogen) atoms. The minimum Gasteiger partial charge on any atom is -0.465 e. The van der Waals surface area contributed by atoms with Gasteiger partial charge in [-0.05, 0) is 24.1 Å². The second kappa shape index (κ2) is 7.57. The molecule has 0 spiro atoms. The highest BCUT2D eigenvalue weighted by Crippen LogP contribution is 2.45. The zero-order valence-electron chi connectivity index (χ0n) is 14.9. The van der Waals surface area contributed by atoms with Crippen molar-refractivity contribution in [1.82, 2.24) is 0 Å². The number of amides is 1. The van der Waals surface area contributed by atoms with Crippen LogP contribution in [0, 0.1) is 15.5 Å². The first kappa shape index (κ1) is 18.6. The number of carbonyl (C=O) groups is 2. The van der Waals surface area contributed by atoms with Crippen LogP contribution in [0.4, 0.5) is 5.69 Å². The van der Waals surface area contributed by atoms with Gasteiger partial charge in [0, 0.05) is 17.0 Å². The summed E-state index contributed by atoms with van der Waals surface area (Å²) in [5, 5.41) is 14.2. The normalized spacial score (nSPS) is 19.5. The van der Waals surface area contributed by atoms with Crippen molar-refractivity contribution in [2.24, 2.45) is 5.41 Å². The predicted molar refractivity (Wildman–Crippen MR) is 98.9 cm³/mol. The van der Waals surface area contributed by atoms with Crippen molar-refractivity contribution in [1.29, 1.82) is 0 Å². The number of nitro groups is 1.